The number of methoxy groups -OCH3 is 2. The van der Waals surface area contributed by atoms with Gasteiger partial charge in [-0.05, 0) is 50.6 Å². The molecule has 1 fully saturated rings. The minimum atomic E-state index is 0.579. The van der Waals surface area contributed by atoms with Crippen molar-refractivity contribution in [3.05, 3.63) is 41.8 Å². The predicted octanol–water partition coefficient (Wildman–Crippen LogP) is 2.83. The highest BCUT2D eigenvalue weighted by Gasteiger charge is 2.23. The van der Waals surface area contributed by atoms with E-state index in [1.807, 2.05) is 12.1 Å². The van der Waals surface area contributed by atoms with E-state index < -0.39 is 0 Å². The molecular formula is C20H29N3O3. The van der Waals surface area contributed by atoms with Crippen LogP contribution in [0.25, 0.3) is 0 Å². The number of nitrogens with zero attached hydrogens (tertiary/aromatic N) is 3. The molecule has 0 amide bonds. The number of hydrogen-bond donors (Lipinski definition) is 0. The van der Waals surface area contributed by atoms with Gasteiger partial charge in [-0.1, -0.05) is 11.2 Å². The lowest BCUT2D eigenvalue weighted by Gasteiger charge is -2.37. The van der Waals surface area contributed by atoms with Gasteiger partial charge in [0.1, 0.15) is 6.26 Å². The number of hydrogen-bond acceptors (Lipinski definition) is 6. The lowest BCUT2D eigenvalue weighted by Crippen LogP contribution is -2.46. The molecule has 1 aliphatic rings. The Morgan fingerprint density at radius 3 is 2.81 bits per heavy atom. The number of likely N-dealkylation sites (tertiary alicyclic amines) is 1. The van der Waals surface area contributed by atoms with Crippen LogP contribution in [-0.4, -0.2) is 61.9 Å². The van der Waals surface area contributed by atoms with Gasteiger partial charge in [0.05, 0.1) is 19.9 Å². The summed E-state index contributed by atoms with van der Waals surface area (Å²) in [5.41, 5.74) is 2.28. The minimum absolute atomic E-state index is 0.579. The van der Waals surface area contributed by atoms with Crippen LogP contribution in [0.15, 0.2) is 35.1 Å². The van der Waals surface area contributed by atoms with Crippen molar-refractivity contribution >= 4 is 0 Å². The Kier molecular flexibility index (Phi) is 6.52. The summed E-state index contributed by atoms with van der Waals surface area (Å²) in [7, 11) is 5.57. The Balaban J connectivity index is 1.52. The highest BCUT2D eigenvalue weighted by Crippen LogP contribution is 2.28. The second kappa shape index (κ2) is 9.05. The standard InChI is InChI=1S/C20H29N3O3/c1-22(11-8-16-6-7-19(24-2)20(13-16)25-3)18-5-4-10-23(15-18)14-17-9-12-26-21-17/h6-7,9,12-13,18H,4-5,8,10-11,14-15H2,1-3H3. The van der Waals surface area contributed by atoms with Gasteiger partial charge in [0.25, 0.3) is 0 Å². The van der Waals surface area contributed by atoms with Crippen LogP contribution in [0, 0.1) is 0 Å². The quantitative estimate of drug-likeness (QED) is 0.722. The van der Waals surface area contributed by atoms with Crippen LogP contribution in [0.2, 0.25) is 0 Å². The first-order valence-electron chi connectivity index (χ1n) is 9.22. The molecule has 1 aliphatic heterocycles. The minimum Gasteiger partial charge on any atom is -0.493 e. The van der Waals surface area contributed by atoms with Crippen LogP contribution in [0.4, 0.5) is 0 Å². The van der Waals surface area contributed by atoms with E-state index in [1.165, 1.54) is 18.4 Å². The highest BCUT2D eigenvalue weighted by atomic mass is 16.5. The lowest BCUT2D eigenvalue weighted by atomic mass is 10.0. The van der Waals surface area contributed by atoms with Gasteiger partial charge in [0.2, 0.25) is 0 Å². The van der Waals surface area contributed by atoms with Crippen molar-refractivity contribution in [2.75, 3.05) is 40.9 Å². The fourth-order valence-electron chi connectivity index (χ4n) is 3.61. The average molecular weight is 359 g/mol. The number of rotatable bonds is 8. The van der Waals surface area contributed by atoms with E-state index in [0.29, 0.717) is 6.04 Å². The van der Waals surface area contributed by atoms with Crippen LogP contribution in [0.3, 0.4) is 0 Å². The summed E-state index contributed by atoms with van der Waals surface area (Å²) >= 11 is 0. The van der Waals surface area contributed by atoms with E-state index in [0.717, 1.165) is 49.8 Å². The van der Waals surface area contributed by atoms with E-state index in [-0.39, 0.29) is 0 Å². The van der Waals surface area contributed by atoms with Crippen molar-refractivity contribution in [3.63, 3.8) is 0 Å². The van der Waals surface area contributed by atoms with Crippen molar-refractivity contribution in [2.24, 2.45) is 0 Å². The molecule has 0 N–H and O–H groups in total. The first-order valence-corrected chi connectivity index (χ1v) is 9.22. The molecule has 1 aromatic carbocycles. The summed E-state index contributed by atoms with van der Waals surface area (Å²) in [6.45, 7) is 4.11. The van der Waals surface area contributed by atoms with Gasteiger partial charge in [-0.2, -0.15) is 0 Å². The Hall–Kier alpha value is -2.05. The zero-order chi connectivity index (χ0) is 18.4. The van der Waals surface area contributed by atoms with Crippen LogP contribution in [0.1, 0.15) is 24.1 Å². The fourth-order valence-corrected chi connectivity index (χ4v) is 3.61. The van der Waals surface area contributed by atoms with Gasteiger partial charge in [-0.25, -0.2) is 0 Å². The van der Waals surface area contributed by atoms with E-state index in [4.69, 9.17) is 14.0 Å². The van der Waals surface area contributed by atoms with Crippen LogP contribution < -0.4 is 9.47 Å². The molecule has 0 radical (unpaired) electrons. The van der Waals surface area contributed by atoms with Gasteiger partial charge < -0.3 is 18.9 Å². The summed E-state index contributed by atoms with van der Waals surface area (Å²) in [5, 5.41) is 4.03. The molecule has 0 spiro atoms. The molecule has 2 heterocycles. The summed E-state index contributed by atoms with van der Waals surface area (Å²) < 4.78 is 15.7. The first kappa shape index (κ1) is 18.7. The SMILES string of the molecule is COc1ccc(CCN(C)C2CCCN(Cc3ccon3)C2)cc1OC. The Morgan fingerprint density at radius 1 is 1.23 bits per heavy atom. The maximum Gasteiger partial charge on any atom is 0.160 e. The molecule has 0 bridgehead atoms. The van der Waals surface area contributed by atoms with E-state index in [9.17, 15) is 0 Å². The van der Waals surface area contributed by atoms with Crippen molar-refractivity contribution in [1.29, 1.82) is 0 Å². The zero-order valence-electron chi connectivity index (χ0n) is 16.0. The van der Waals surface area contributed by atoms with Crippen molar-refractivity contribution < 1.29 is 14.0 Å². The number of piperidine rings is 1. The van der Waals surface area contributed by atoms with Crippen LogP contribution in [0.5, 0.6) is 11.5 Å². The highest BCUT2D eigenvalue weighted by molar-refractivity contribution is 5.42. The molecule has 1 saturated heterocycles. The topological polar surface area (TPSA) is 51.0 Å². The van der Waals surface area contributed by atoms with Gasteiger partial charge in [-0.3, -0.25) is 4.90 Å². The summed E-state index contributed by atoms with van der Waals surface area (Å²) in [6, 6.07) is 8.70. The molecule has 1 aromatic heterocycles. The fraction of sp³-hybridized carbons (Fsp3) is 0.550. The second-order valence-corrected chi connectivity index (χ2v) is 6.94. The molecule has 26 heavy (non-hydrogen) atoms. The van der Waals surface area contributed by atoms with Crippen molar-refractivity contribution in [3.8, 4) is 11.5 Å². The summed E-state index contributed by atoms with van der Waals surface area (Å²) in [4.78, 5) is 4.95. The summed E-state index contributed by atoms with van der Waals surface area (Å²) in [6.07, 6.45) is 5.11. The Bertz CT molecular complexity index is 675. The van der Waals surface area contributed by atoms with E-state index in [2.05, 4.69) is 34.1 Å². The molecule has 3 rings (SSSR count). The molecule has 1 atom stereocenters. The lowest BCUT2D eigenvalue weighted by molar-refractivity contribution is 0.110. The molecule has 0 aliphatic carbocycles. The smallest absolute Gasteiger partial charge is 0.160 e. The normalized spacial score (nSPS) is 18.2. The molecule has 0 saturated carbocycles. The third-order valence-corrected chi connectivity index (χ3v) is 5.18. The number of likely N-dealkylation sites (N-methyl/N-ethyl adjacent to an activating group) is 1. The predicted molar refractivity (Wildman–Crippen MR) is 101 cm³/mol. The maximum absolute atomic E-state index is 5.41. The molecule has 6 heteroatoms. The third kappa shape index (κ3) is 4.77. The van der Waals surface area contributed by atoms with Gasteiger partial charge in [0.15, 0.2) is 11.5 Å². The second-order valence-electron chi connectivity index (χ2n) is 6.94. The first-order chi connectivity index (χ1) is 12.7. The van der Waals surface area contributed by atoms with Gasteiger partial charge in [-0.15, -0.1) is 0 Å². The average Bonchev–Trinajstić information content (AvgIpc) is 3.19. The van der Waals surface area contributed by atoms with Crippen LogP contribution >= 0.6 is 0 Å². The number of benzene rings is 1. The zero-order valence-corrected chi connectivity index (χ0v) is 16.0. The Morgan fingerprint density at radius 2 is 2.08 bits per heavy atom. The molecule has 1 unspecified atom stereocenters. The number of aromatic nitrogens is 1. The largest absolute Gasteiger partial charge is 0.493 e. The maximum atomic E-state index is 5.41. The van der Waals surface area contributed by atoms with E-state index in [1.54, 1.807) is 20.5 Å². The monoisotopic (exact) mass is 359 g/mol. The van der Waals surface area contributed by atoms with Crippen molar-refractivity contribution in [2.45, 2.75) is 31.8 Å². The summed E-state index contributed by atoms with van der Waals surface area (Å²) in [5.74, 6) is 1.57. The van der Waals surface area contributed by atoms with Crippen molar-refractivity contribution in [1.82, 2.24) is 15.0 Å². The molecule has 142 valence electrons. The van der Waals surface area contributed by atoms with Crippen LogP contribution in [-0.2, 0) is 13.0 Å². The molecule has 2 aromatic rings. The van der Waals surface area contributed by atoms with E-state index >= 15 is 0 Å². The van der Waals surface area contributed by atoms with Gasteiger partial charge in [0, 0.05) is 31.7 Å². The Labute approximate surface area is 155 Å². The number of ether oxygens (including phenoxy) is 2. The third-order valence-electron chi connectivity index (χ3n) is 5.18. The molecular weight excluding hydrogens is 330 g/mol. The van der Waals surface area contributed by atoms with Gasteiger partial charge >= 0.3 is 0 Å². The molecule has 6 nitrogen and oxygen atoms in total.